The predicted octanol–water partition coefficient (Wildman–Crippen LogP) is 7.61. The summed E-state index contributed by atoms with van der Waals surface area (Å²) in [6.45, 7) is 13.5. The quantitative estimate of drug-likeness (QED) is 0.0489. The van der Waals surface area contributed by atoms with Crippen molar-refractivity contribution in [1.29, 1.82) is 5.26 Å². The first-order valence-electron chi connectivity index (χ1n) is 18.5. The van der Waals surface area contributed by atoms with E-state index in [1.807, 2.05) is 152 Å². The fraction of sp³-hybridized carbons (Fsp3) is 0.102. The number of rotatable bonds is 12. The van der Waals surface area contributed by atoms with Crippen molar-refractivity contribution >= 4 is 17.3 Å². The number of ketones is 1. The molecule has 1 heterocycles. The van der Waals surface area contributed by atoms with E-state index in [9.17, 15) is 15.0 Å². The Balaban J connectivity index is 0.000000287. The summed E-state index contributed by atoms with van der Waals surface area (Å²) in [4.78, 5) is 18.7. The SMILES string of the molecule is O=C(CCc1cccc(CO)c1)c1ccc(Oc2ccccc2)cc1.[C-]#[N+]CC#N.[C-]#[N+]c1c(-c2ccc(Oc3ccccc3)cc2)cn(-c2cccc(CO)c2)c1N.[K+].[OH-]. The molecule has 0 radical (unpaired) electrons. The van der Waals surface area contributed by atoms with Gasteiger partial charge in [0, 0.05) is 29.4 Å². The monoisotopic (exact) mass is 835 g/mol. The van der Waals surface area contributed by atoms with Gasteiger partial charge in [0.1, 0.15) is 34.9 Å². The summed E-state index contributed by atoms with van der Waals surface area (Å²) in [5.74, 6) is 3.42. The maximum absolute atomic E-state index is 12.4. The summed E-state index contributed by atoms with van der Waals surface area (Å²) in [5, 5.41) is 26.2. The number of ether oxygens (including phenoxy) is 2. The van der Waals surface area contributed by atoms with E-state index in [-0.39, 0.29) is 82.4 Å². The number of benzene rings is 6. The van der Waals surface area contributed by atoms with Gasteiger partial charge in [-0.1, -0.05) is 84.9 Å². The Bertz CT molecular complexity index is 2550. The van der Waals surface area contributed by atoms with Gasteiger partial charge in [0.05, 0.1) is 19.8 Å². The molecule has 0 saturated heterocycles. The first-order chi connectivity index (χ1) is 28.8. The Morgan fingerprint density at radius 1 is 0.689 bits per heavy atom. The van der Waals surface area contributed by atoms with Gasteiger partial charge >= 0.3 is 51.4 Å². The minimum Gasteiger partial charge on any atom is -0.870 e. The number of nitrogens with zero attached hydrogens (tertiary/aromatic N) is 4. The Morgan fingerprint density at radius 3 is 1.70 bits per heavy atom. The average Bonchev–Trinajstić information content (AvgIpc) is 3.63. The maximum Gasteiger partial charge on any atom is 1.00 e. The van der Waals surface area contributed by atoms with Crippen LogP contribution in [0.15, 0.2) is 164 Å². The number of aromatic nitrogens is 1. The summed E-state index contributed by atoms with van der Waals surface area (Å²) >= 11 is 0. The van der Waals surface area contributed by atoms with Crippen LogP contribution in [0, 0.1) is 24.5 Å². The van der Waals surface area contributed by atoms with Gasteiger partial charge < -0.3 is 40.3 Å². The van der Waals surface area contributed by atoms with E-state index in [0.717, 1.165) is 45.0 Å². The zero-order chi connectivity index (χ0) is 41.8. The smallest absolute Gasteiger partial charge is 0.870 e. The van der Waals surface area contributed by atoms with Gasteiger partial charge in [-0.25, -0.2) is 11.4 Å². The number of nitrogen functional groups attached to an aromatic ring is 1. The normalized spacial score (nSPS) is 9.62. The number of aliphatic hydroxyl groups excluding tert-OH is 2. The van der Waals surface area contributed by atoms with E-state index < -0.39 is 0 Å². The first-order valence-corrected chi connectivity index (χ1v) is 18.5. The summed E-state index contributed by atoms with van der Waals surface area (Å²) < 4.78 is 13.3. The van der Waals surface area contributed by atoms with Gasteiger partial charge in [-0.2, -0.15) is 5.26 Å². The number of carbonyl (C=O) groups excluding carboxylic acids is 1. The Morgan fingerprint density at radius 2 is 1.20 bits per heavy atom. The number of carbonyl (C=O) groups is 1. The number of nitriles is 1. The molecule has 0 atom stereocenters. The number of hydrogen-bond acceptors (Lipinski definition) is 8. The summed E-state index contributed by atoms with van der Waals surface area (Å²) in [5.41, 5.74) is 12.5. The number of Topliss-reactive ketones (excluding diaryl/α,β-unsaturated/α-hetero) is 1. The van der Waals surface area contributed by atoms with Crippen LogP contribution in [0.2, 0.25) is 0 Å². The third-order valence-electron chi connectivity index (χ3n) is 8.76. The van der Waals surface area contributed by atoms with Crippen LogP contribution < -0.4 is 66.6 Å². The number of para-hydroxylation sites is 2. The van der Waals surface area contributed by atoms with Crippen molar-refractivity contribution in [3.05, 3.63) is 209 Å². The first kappa shape index (κ1) is 49.0. The molecule has 0 saturated carbocycles. The third kappa shape index (κ3) is 14.7. The topological polar surface area (TPSA) is 169 Å². The van der Waals surface area contributed by atoms with Crippen molar-refractivity contribution in [1.82, 2.24) is 4.57 Å². The molecule has 1 aromatic heterocycles. The van der Waals surface area contributed by atoms with Gasteiger partial charge in [-0.3, -0.25) is 4.79 Å². The van der Waals surface area contributed by atoms with Crippen molar-refractivity contribution in [2.24, 2.45) is 0 Å². The summed E-state index contributed by atoms with van der Waals surface area (Å²) in [6.07, 6.45) is 2.95. The molecule has 7 rings (SSSR count). The molecule has 0 aliphatic heterocycles. The number of aryl methyl sites for hydroxylation is 1. The minimum absolute atomic E-state index is 0. The van der Waals surface area contributed by atoms with E-state index in [1.165, 1.54) is 0 Å². The Kier molecular flexibility index (Phi) is 20.9. The molecule has 61 heavy (non-hydrogen) atoms. The maximum atomic E-state index is 12.4. The second kappa shape index (κ2) is 26.0. The third-order valence-corrected chi connectivity index (χ3v) is 8.76. The molecular formula is C49H42KN5O6. The molecule has 6 aromatic carbocycles. The fourth-order valence-electron chi connectivity index (χ4n) is 5.84. The van der Waals surface area contributed by atoms with Gasteiger partial charge in [0.2, 0.25) is 5.69 Å². The van der Waals surface area contributed by atoms with Gasteiger partial charge in [-0.15, -0.1) is 0 Å². The largest absolute Gasteiger partial charge is 1.00 e. The molecule has 0 aliphatic rings. The summed E-state index contributed by atoms with van der Waals surface area (Å²) in [7, 11) is 0. The zero-order valence-electron chi connectivity index (χ0n) is 33.6. The van der Waals surface area contributed by atoms with Crippen molar-refractivity contribution in [2.75, 3.05) is 12.3 Å². The molecule has 7 aromatic rings. The molecule has 0 spiro atoms. The minimum atomic E-state index is -0.0551. The van der Waals surface area contributed by atoms with E-state index in [1.54, 1.807) is 22.8 Å². The molecule has 5 N–H and O–H groups in total. The molecule has 0 unspecified atom stereocenters. The van der Waals surface area contributed by atoms with Crippen LogP contribution >= 0.6 is 0 Å². The van der Waals surface area contributed by atoms with Crippen LogP contribution in [0.1, 0.15) is 33.5 Å². The Labute approximate surface area is 398 Å². The zero-order valence-corrected chi connectivity index (χ0v) is 36.7. The molecule has 300 valence electrons. The van der Waals surface area contributed by atoms with Crippen LogP contribution in [-0.4, -0.2) is 32.6 Å². The van der Waals surface area contributed by atoms with Crippen LogP contribution in [-0.2, 0) is 19.6 Å². The van der Waals surface area contributed by atoms with Crippen LogP contribution in [0.25, 0.3) is 26.5 Å². The van der Waals surface area contributed by atoms with Crippen molar-refractivity contribution in [3.63, 3.8) is 0 Å². The van der Waals surface area contributed by atoms with E-state index in [2.05, 4.69) is 9.69 Å². The average molecular weight is 836 g/mol. The number of aliphatic hydroxyl groups is 2. The van der Waals surface area contributed by atoms with Crippen molar-refractivity contribution in [2.45, 2.75) is 26.1 Å². The van der Waals surface area contributed by atoms with E-state index in [4.69, 9.17) is 33.6 Å². The van der Waals surface area contributed by atoms with Gasteiger partial charge in [-0.05, 0) is 101 Å². The molecule has 0 fully saturated rings. The number of hydrogen-bond donors (Lipinski definition) is 3. The molecule has 12 heteroatoms. The van der Waals surface area contributed by atoms with E-state index >= 15 is 0 Å². The van der Waals surface area contributed by atoms with Crippen molar-refractivity contribution < 1.29 is 81.3 Å². The van der Waals surface area contributed by atoms with E-state index in [0.29, 0.717) is 41.4 Å². The van der Waals surface area contributed by atoms with Gasteiger partial charge in [0.15, 0.2) is 5.78 Å². The number of anilines is 1. The molecular weight excluding hydrogens is 794 g/mol. The second-order valence-electron chi connectivity index (χ2n) is 12.8. The second-order valence-corrected chi connectivity index (χ2v) is 12.8. The van der Waals surface area contributed by atoms with Crippen LogP contribution in [0.5, 0.6) is 23.0 Å². The van der Waals surface area contributed by atoms with Gasteiger partial charge in [0.25, 0.3) is 6.54 Å². The molecule has 11 nitrogen and oxygen atoms in total. The predicted molar refractivity (Wildman–Crippen MR) is 231 cm³/mol. The molecule has 0 bridgehead atoms. The summed E-state index contributed by atoms with van der Waals surface area (Å²) in [6, 6.07) is 50.7. The Hall–Kier alpha value is -6.34. The number of nitrogens with two attached hydrogens (primary N) is 1. The van der Waals surface area contributed by atoms with Crippen LogP contribution in [0.4, 0.5) is 11.5 Å². The van der Waals surface area contributed by atoms with Crippen LogP contribution in [0.3, 0.4) is 0 Å². The molecule has 0 aliphatic carbocycles. The van der Waals surface area contributed by atoms with Crippen molar-refractivity contribution in [3.8, 4) is 45.9 Å². The standard InChI is InChI=1S/C24H19N3O2.C22H20O3.C3H2N2.K.H2O/c1-26-23-22(15-27(24(23)25)19-7-5-6-17(14-19)16-28)18-10-12-21(13-11-18)29-20-8-3-2-4-9-20;23-16-18-6-4-5-17(15-18)9-14-22(24)19-10-12-21(13-11-19)25-20-7-2-1-3-8-20;1-5-3-2-4;;/h2-15,28H,16,25H2;1-8,10-13,15,23H,9,14,16H2;3H2;;1H2/q;;;+1;/p-1. The molecule has 0 amide bonds. The fourth-order valence-corrected chi connectivity index (χ4v) is 5.84.